The third kappa shape index (κ3) is 5.06. The second-order valence-electron chi connectivity index (χ2n) is 7.28. The molecule has 0 bridgehead atoms. The standard InChI is InChI=1S/C24H23ClN4O2S/c1-3-17-7-4-6-16(2)22(17)26-21(30)15-32-24-28-27-23(18-9-11-19(25)12-10-18)29(24)14-20-8-5-13-31-20/h4-13H,3,14-15H2,1-2H3,(H,26,30). The van der Waals surface area contributed by atoms with Crippen LogP contribution in [0.2, 0.25) is 5.02 Å². The fourth-order valence-corrected chi connectivity index (χ4v) is 4.28. The molecule has 164 valence electrons. The van der Waals surface area contributed by atoms with Gasteiger partial charge in [-0.05, 0) is 60.9 Å². The van der Waals surface area contributed by atoms with Crippen molar-refractivity contribution in [3.63, 3.8) is 0 Å². The van der Waals surface area contributed by atoms with Gasteiger partial charge in [-0.3, -0.25) is 9.36 Å². The Morgan fingerprint density at radius 1 is 1.12 bits per heavy atom. The quantitative estimate of drug-likeness (QED) is 0.330. The highest BCUT2D eigenvalue weighted by atomic mass is 35.5. The molecule has 0 aliphatic rings. The van der Waals surface area contributed by atoms with Crippen molar-refractivity contribution in [1.29, 1.82) is 0 Å². The molecule has 32 heavy (non-hydrogen) atoms. The van der Waals surface area contributed by atoms with Crippen LogP contribution in [-0.4, -0.2) is 26.4 Å². The van der Waals surface area contributed by atoms with Gasteiger partial charge in [0.2, 0.25) is 5.91 Å². The number of carbonyl (C=O) groups is 1. The lowest BCUT2D eigenvalue weighted by Crippen LogP contribution is -2.16. The van der Waals surface area contributed by atoms with E-state index in [-0.39, 0.29) is 11.7 Å². The van der Waals surface area contributed by atoms with Crippen LogP contribution >= 0.6 is 23.4 Å². The number of nitrogens with zero attached hydrogens (tertiary/aromatic N) is 3. The van der Waals surface area contributed by atoms with Crippen LogP contribution in [0.5, 0.6) is 0 Å². The van der Waals surface area contributed by atoms with E-state index in [0.29, 0.717) is 22.5 Å². The summed E-state index contributed by atoms with van der Waals surface area (Å²) in [6, 6.07) is 17.2. The van der Waals surface area contributed by atoms with E-state index in [1.807, 2.05) is 66.1 Å². The van der Waals surface area contributed by atoms with Gasteiger partial charge in [-0.25, -0.2) is 0 Å². The highest BCUT2D eigenvalue weighted by Crippen LogP contribution is 2.27. The average Bonchev–Trinajstić information content (AvgIpc) is 3.45. The number of amides is 1. The van der Waals surface area contributed by atoms with Gasteiger partial charge in [0, 0.05) is 16.3 Å². The zero-order valence-corrected chi connectivity index (χ0v) is 19.4. The lowest BCUT2D eigenvalue weighted by molar-refractivity contribution is -0.113. The van der Waals surface area contributed by atoms with Crippen molar-refractivity contribution in [2.75, 3.05) is 11.1 Å². The number of hydrogen-bond acceptors (Lipinski definition) is 5. The molecule has 0 fully saturated rings. The number of halogens is 1. The molecule has 2 heterocycles. The van der Waals surface area contributed by atoms with Gasteiger partial charge in [-0.15, -0.1) is 10.2 Å². The third-order valence-electron chi connectivity index (χ3n) is 5.05. The van der Waals surface area contributed by atoms with E-state index in [2.05, 4.69) is 22.4 Å². The molecule has 1 amide bonds. The Hall–Kier alpha value is -3.03. The number of thioether (sulfide) groups is 1. The number of hydrogen-bond donors (Lipinski definition) is 1. The summed E-state index contributed by atoms with van der Waals surface area (Å²) in [6.07, 6.45) is 2.49. The van der Waals surface area contributed by atoms with Gasteiger partial charge >= 0.3 is 0 Å². The number of para-hydroxylation sites is 1. The first-order valence-corrected chi connectivity index (χ1v) is 11.6. The minimum absolute atomic E-state index is 0.0837. The van der Waals surface area contributed by atoms with Crippen LogP contribution in [0.4, 0.5) is 5.69 Å². The SMILES string of the molecule is CCc1cccc(C)c1NC(=O)CSc1nnc(-c2ccc(Cl)cc2)n1Cc1ccco1. The maximum Gasteiger partial charge on any atom is 0.234 e. The maximum atomic E-state index is 12.7. The van der Waals surface area contributed by atoms with E-state index in [0.717, 1.165) is 34.6 Å². The Kier molecular flexibility index (Phi) is 6.97. The Labute approximate surface area is 196 Å². The molecule has 4 rings (SSSR count). The van der Waals surface area contributed by atoms with E-state index in [1.54, 1.807) is 6.26 Å². The molecule has 1 N–H and O–H groups in total. The number of rotatable bonds is 8. The Bertz CT molecular complexity index is 1200. The molecule has 0 saturated heterocycles. The molecule has 2 aromatic carbocycles. The lowest BCUT2D eigenvalue weighted by Gasteiger charge is -2.13. The van der Waals surface area contributed by atoms with Gasteiger partial charge in [-0.1, -0.05) is 48.5 Å². The summed E-state index contributed by atoms with van der Waals surface area (Å²) >= 11 is 7.38. The molecule has 0 unspecified atom stereocenters. The van der Waals surface area contributed by atoms with Crippen LogP contribution in [0.1, 0.15) is 23.8 Å². The van der Waals surface area contributed by atoms with Crippen molar-refractivity contribution in [2.45, 2.75) is 32.0 Å². The largest absolute Gasteiger partial charge is 0.467 e. The second kappa shape index (κ2) is 10.1. The van der Waals surface area contributed by atoms with Crippen LogP contribution in [0, 0.1) is 6.92 Å². The molecule has 0 atom stereocenters. The first kappa shape index (κ1) is 22.2. The van der Waals surface area contributed by atoms with Gasteiger partial charge in [0.1, 0.15) is 5.76 Å². The molecule has 0 radical (unpaired) electrons. The molecule has 8 heteroatoms. The predicted octanol–water partition coefficient (Wildman–Crippen LogP) is 5.84. The van der Waals surface area contributed by atoms with Crippen LogP contribution in [0.3, 0.4) is 0 Å². The van der Waals surface area contributed by atoms with Crippen LogP contribution in [0.15, 0.2) is 70.4 Å². The van der Waals surface area contributed by atoms with Crippen molar-refractivity contribution in [3.05, 3.63) is 82.8 Å². The monoisotopic (exact) mass is 466 g/mol. The zero-order chi connectivity index (χ0) is 22.5. The van der Waals surface area contributed by atoms with Gasteiger partial charge in [0.05, 0.1) is 18.6 Å². The van der Waals surface area contributed by atoms with E-state index >= 15 is 0 Å². The molecule has 2 aromatic heterocycles. The molecule has 4 aromatic rings. The summed E-state index contributed by atoms with van der Waals surface area (Å²) in [6.45, 7) is 4.54. The first-order chi connectivity index (χ1) is 15.5. The molecule has 0 aliphatic heterocycles. The normalized spacial score (nSPS) is 11.0. The topological polar surface area (TPSA) is 73.0 Å². The van der Waals surface area contributed by atoms with E-state index in [1.165, 1.54) is 11.8 Å². The van der Waals surface area contributed by atoms with Crippen LogP contribution in [0.25, 0.3) is 11.4 Å². The molecule has 0 aliphatic carbocycles. The Balaban J connectivity index is 1.54. The molecule has 0 saturated carbocycles. The minimum Gasteiger partial charge on any atom is -0.467 e. The average molecular weight is 467 g/mol. The number of nitrogens with one attached hydrogen (secondary N) is 1. The summed E-state index contributed by atoms with van der Waals surface area (Å²) in [5.74, 6) is 1.60. The van der Waals surface area contributed by atoms with Crippen molar-refractivity contribution >= 4 is 35.0 Å². The number of anilines is 1. The van der Waals surface area contributed by atoms with Gasteiger partial charge < -0.3 is 9.73 Å². The Morgan fingerprint density at radius 2 is 1.94 bits per heavy atom. The third-order valence-corrected chi connectivity index (χ3v) is 6.27. The van der Waals surface area contributed by atoms with Gasteiger partial charge in [0.25, 0.3) is 0 Å². The summed E-state index contributed by atoms with van der Waals surface area (Å²) < 4.78 is 7.48. The number of aryl methyl sites for hydroxylation is 2. The van der Waals surface area contributed by atoms with Crippen LogP contribution < -0.4 is 5.32 Å². The van der Waals surface area contributed by atoms with Crippen molar-refractivity contribution in [3.8, 4) is 11.4 Å². The van der Waals surface area contributed by atoms with E-state index in [4.69, 9.17) is 16.0 Å². The van der Waals surface area contributed by atoms with Crippen molar-refractivity contribution < 1.29 is 9.21 Å². The predicted molar refractivity (Wildman–Crippen MR) is 128 cm³/mol. The highest BCUT2D eigenvalue weighted by Gasteiger charge is 2.18. The number of carbonyl (C=O) groups excluding carboxylic acids is 1. The fourth-order valence-electron chi connectivity index (χ4n) is 3.42. The summed E-state index contributed by atoms with van der Waals surface area (Å²) in [5, 5.41) is 13.1. The number of aromatic nitrogens is 3. The van der Waals surface area contributed by atoms with Crippen molar-refractivity contribution in [2.24, 2.45) is 0 Å². The van der Waals surface area contributed by atoms with Gasteiger partial charge in [-0.2, -0.15) is 0 Å². The fraction of sp³-hybridized carbons (Fsp3) is 0.208. The highest BCUT2D eigenvalue weighted by molar-refractivity contribution is 7.99. The van der Waals surface area contributed by atoms with Crippen LogP contribution in [-0.2, 0) is 17.8 Å². The molecule has 0 spiro atoms. The lowest BCUT2D eigenvalue weighted by atomic mass is 10.1. The van der Waals surface area contributed by atoms with Gasteiger partial charge in [0.15, 0.2) is 11.0 Å². The summed E-state index contributed by atoms with van der Waals surface area (Å²) in [4.78, 5) is 12.7. The molecular formula is C24H23ClN4O2S. The zero-order valence-electron chi connectivity index (χ0n) is 17.8. The maximum absolute atomic E-state index is 12.7. The smallest absolute Gasteiger partial charge is 0.234 e. The Morgan fingerprint density at radius 3 is 2.66 bits per heavy atom. The molecule has 6 nitrogen and oxygen atoms in total. The second-order valence-corrected chi connectivity index (χ2v) is 8.66. The summed E-state index contributed by atoms with van der Waals surface area (Å²) in [5.41, 5.74) is 3.94. The van der Waals surface area contributed by atoms with E-state index < -0.39 is 0 Å². The van der Waals surface area contributed by atoms with Crippen molar-refractivity contribution in [1.82, 2.24) is 14.8 Å². The first-order valence-electron chi connectivity index (χ1n) is 10.3. The minimum atomic E-state index is -0.0837. The number of benzene rings is 2. The van der Waals surface area contributed by atoms with E-state index in [9.17, 15) is 4.79 Å². The molecular weight excluding hydrogens is 444 g/mol. The number of furan rings is 1. The summed E-state index contributed by atoms with van der Waals surface area (Å²) in [7, 11) is 0.